The number of aryl methyl sites for hydroxylation is 1. The van der Waals surface area contributed by atoms with Gasteiger partial charge in [-0.05, 0) is 62.7 Å². The number of aromatic nitrogens is 2. The summed E-state index contributed by atoms with van der Waals surface area (Å²) < 4.78 is 0. The van der Waals surface area contributed by atoms with Crippen LogP contribution in [-0.2, 0) is 0 Å². The summed E-state index contributed by atoms with van der Waals surface area (Å²) in [5.41, 5.74) is 3.02. The smallest absolute Gasteiger partial charge is 0.274 e. The maximum absolute atomic E-state index is 12.6. The molecule has 0 unspecified atom stereocenters. The average Bonchev–Trinajstić information content (AvgIpc) is 2.65. The molecule has 6 nitrogen and oxygen atoms in total. The number of rotatable bonds is 5. The van der Waals surface area contributed by atoms with Crippen molar-refractivity contribution in [2.75, 3.05) is 10.6 Å². The molecular weight excluding hydrogens is 376 g/mol. The third kappa shape index (κ3) is 4.53. The van der Waals surface area contributed by atoms with Crippen LogP contribution >= 0.6 is 11.6 Å². The van der Waals surface area contributed by atoms with E-state index >= 15 is 0 Å². The van der Waals surface area contributed by atoms with Crippen molar-refractivity contribution in [3.63, 3.8) is 0 Å². The molecule has 0 bridgehead atoms. The summed E-state index contributed by atoms with van der Waals surface area (Å²) in [4.78, 5) is 32.6. The number of amides is 1. The van der Waals surface area contributed by atoms with Gasteiger partial charge in [-0.25, -0.2) is 9.97 Å². The number of nitrogens with one attached hydrogen (secondary N) is 2. The zero-order chi connectivity index (χ0) is 20.3. The fourth-order valence-electron chi connectivity index (χ4n) is 2.61. The Morgan fingerprint density at radius 3 is 2.39 bits per heavy atom. The van der Waals surface area contributed by atoms with E-state index in [1.54, 1.807) is 55.5 Å². The molecule has 1 aromatic heterocycles. The van der Waals surface area contributed by atoms with Crippen LogP contribution in [0.3, 0.4) is 0 Å². The predicted octanol–water partition coefficient (Wildman–Crippen LogP) is 4.95. The monoisotopic (exact) mass is 394 g/mol. The van der Waals surface area contributed by atoms with Crippen molar-refractivity contribution in [3.8, 4) is 0 Å². The zero-order valence-electron chi connectivity index (χ0n) is 15.7. The Morgan fingerprint density at radius 1 is 1.00 bits per heavy atom. The lowest BCUT2D eigenvalue weighted by atomic mass is 10.1. The van der Waals surface area contributed by atoms with E-state index in [1.807, 2.05) is 6.92 Å². The van der Waals surface area contributed by atoms with Gasteiger partial charge >= 0.3 is 0 Å². The summed E-state index contributed by atoms with van der Waals surface area (Å²) in [5.74, 6) is 0.583. The van der Waals surface area contributed by atoms with Crippen LogP contribution < -0.4 is 10.6 Å². The Kier molecular flexibility index (Phi) is 5.70. The number of hydrogen-bond donors (Lipinski definition) is 2. The van der Waals surface area contributed by atoms with E-state index in [-0.39, 0.29) is 17.4 Å². The maximum atomic E-state index is 12.6. The number of halogens is 1. The van der Waals surface area contributed by atoms with Crippen LogP contribution in [-0.4, -0.2) is 21.7 Å². The molecular formula is C21H19ClN4O2. The van der Waals surface area contributed by atoms with Gasteiger partial charge in [-0.2, -0.15) is 0 Å². The van der Waals surface area contributed by atoms with Crippen molar-refractivity contribution in [2.24, 2.45) is 0 Å². The van der Waals surface area contributed by atoms with Crippen LogP contribution in [0, 0.1) is 13.8 Å². The minimum atomic E-state index is -0.356. The quantitative estimate of drug-likeness (QED) is 0.598. The molecule has 0 aliphatic heterocycles. The number of ketones is 1. The highest BCUT2D eigenvalue weighted by atomic mass is 35.5. The molecule has 142 valence electrons. The largest absolute Gasteiger partial charge is 0.340 e. The van der Waals surface area contributed by atoms with Crippen molar-refractivity contribution in [1.82, 2.24) is 9.97 Å². The number of Topliss-reactive ketones (excluding diaryl/α,β-unsaturated/α-hetero) is 1. The van der Waals surface area contributed by atoms with Gasteiger partial charge in [0.05, 0.1) is 0 Å². The highest BCUT2D eigenvalue weighted by Crippen LogP contribution is 2.24. The van der Waals surface area contributed by atoms with Gasteiger partial charge in [-0.1, -0.05) is 17.7 Å². The maximum Gasteiger partial charge on any atom is 0.274 e. The molecule has 0 saturated carbocycles. The Morgan fingerprint density at radius 2 is 1.71 bits per heavy atom. The van der Waals surface area contributed by atoms with Gasteiger partial charge in [0.2, 0.25) is 0 Å². The van der Waals surface area contributed by atoms with E-state index in [4.69, 9.17) is 11.6 Å². The molecule has 0 aliphatic rings. The van der Waals surface area contributed by atoms with Gasteiger partial charge < -0.3 is 10.6 Å². The third-order valence-electron chi connectivity index (χ3n) is 4.15. The summed E-state index contributed by atoms with van der Waals surface area (Å²) in [5, 5.41) is 6.53. The van der Waals surface area contributed by atoms with Crippen LogP contribution in [0.15, 0.2) is 48.5 Å². The lowest BCUT2D eigenvalue weighted by Crippen LogP contribution is -2.16. The highest BCUT2D eigenvalue weighted by Gasteiger charge is 2.13. The molecule has 0 spiro atoms. The molecule has 3 rings (SSSR count). The predicted molar refractivity (Wildman–Crippen MR) is 111 cm³/mol. The summed E-state index contributed by atoms with van der Waals surface area (Å²) >= 11 is 6.11. The SMILES string of the molecule is CC(=O)c1ccc(Nc2cc(C(=O)Nc3cccc(Cl)c3C)nc(C)n2)cc1. The number of carbonyl (C=O) groups excluding carboxylic acids is 2. The second-order valence-electron chi connectivity index (χ2n) is 6.31. The fourth-order valence-corrected chi connectivity index (χ4v) is 2.79. The lowest BCUT2D eigenvalue weighted by Gasteiger charge is -2.11. The Balaban J connectivity index is 1.81. The van der Waals surface area contributed by atoms with E-state index in [0.29, 0.717) is 27.9 Å². The minimum absolute atomic E-state index is 0.000281. The molecule has 0 aliphatic carbocycles. The Hall–Kier alpha value is -3.25. The van der Waals surface area contributed by atoms with Gasteiger partial charge in [-0.15, -0.1) is 0 Å². The Bertz CT molecular complexity index is 1050. The van der Waals surface area contributed by atoms with Crippen molar-refractivity contribution in [3.05, 3.63) is 76.2 Å². The van der Waals surface area contributed by atoms with Crippen molar-refractivity contribution in [1.29, 1.82) is 0 Å². The van der Waals surface area contributed by atoms with Crippen LogP contribution in [0.4, 0.5) is 17.2 Å². The molecule has 0 saturated heterocycles. The molecule has 0 atom stereocenters. The first-order valence-corrected chi connectivity index (χ1v) is 9.01. The van der Waals surface area contributed by atoms with E-state index in [9.17, 15) is 9.59 Å². The number of nitrogens with zero attached hydrogens (tertiary/aromatic N) is 2. The lowest BCUT2D eigenvalue weighted by molar-refractivity contribution is 0.101. The van der Waals surface area contributed by atoms with E-state index in [2.05, 4.69) is 20.6 Å². The molecule has 2 aromatic carbocycles. The molecule has 0 radical (unpaired) electrons. The van der Waals surface area contributed by atoms with Gasteiger partial charge in [0.25, 0.3) is 5.91 Å². The van der Waals surface area contributed by atoms with Gasteiger partial charge in [0, 0.05) is 28.0 Å². The molecule has 28 heavy (non-hydrogen) atoms. The number of carbonyl (C=O) groups is 2. The number of benzene rings is 2. The highest BCUT2D eigenvalue weighted by molar-refractivity contribution is 6.31. The topological polar surface area (TPSA) is 84.0 Å². The number of hydrogen-bond acceptors (Lipinski definition) is 5. The molecule has 1 heterocycles. The molecule has 2 N–H and O–H groups in total. The Labute approximate surface area is 168 Å². The van der Waals surface area contributed by atoms with Crippen LogP contribution in [0.1, 0.15) is 39.2 Å². The average molecular weight is 395 g/mol. The molecule has 7 heteroatoms. The second kappa shape index (κ2) is 8.19. The second-order valence-corrected chi connectivity index (χ2v) is 6.72. The molecule has 1 amide bonds. The standard InChI is InChI=1S/C21H19ClN4O2/c1-12-17(22)5-4-6-18(12)26-21(28)19-11-20(24-14(3)23-19)25-16-9-7-15(8-10-16)13(2)27/h4-11H,1-3H3,(H,26,28)(H,23,24,25). The van der Waals surface area contributed by atoms with Gasteiger partial charge in [0.15, 0.2) is 5.78 Å². The fraction of sp³-hybridized carbons (Fsp3) is 0.143. The van der Waals surface area contributed by atoms with Crippen molar-refractivity contribution >= 4 is 40.5 Å². The first-order valence-electron chi connectivity index (χ1n) is 8.63. The number of anilines is 3. The molecule has 3 aromatic rings. The normalized spacial score (nSPS) is 10.4. The van der Waals surface area contributed by atoms with Crippen LogP contribution in [0.25, 0.3) is 0 Å². The van der Waals surface area contributed by atoms with E-state index in [1.165, 1.54) is 6.92 Å². The van der Waals surface area contributed by atoms with Gasteiger partial charge in [-0.3, -0.25) is 9.59 Å². The van der Waals surface area contributed by atoms with Crippen LogP contribution in [0.2, 0.25) is 5.02 Å². The third-order valence-corrected chi connectivity index (χ3v) is 4.56. The summed E-state index contributed by atoms with van der Waals surface area (Å²) in [6, 6.07) is 13.9. The molecule has 0 fully saturated rings. The van der Waals surface area contributed by atoms with Crippen molar-refractivity contribution in [2.45, 2.75) is 20.8 Å². The van der Waals surface area contributed by atoms with Crippen LogP contribution in [0.5, 0.6) is 0 Å². The summed E-state index contributed by atoms with van der Waals surface area (Å²) in [6.45, 7) is 5.06. The van der Waals surface area contributed by atoms with Crippen molar-refractivity contribution < 1.29 is 9.59 Å². The van der Waals surface area contributed by atoms with E-state index in [0.717, 1.165) is 11.3 Å². The minimum Gasteiger partial charge on any atom is -0.340 e. The summed E-state index contributed by atoms with van der Waals surface area (Å²) in [6.07, 6.45) is 0. The zero-order valence-corrected chi connectivity index (χ0v) is 16.5. The van der Waals surface area contributed by atoms with E-state index < -0.39 is 0 Å². The first-order chi connectivity index (χ1) is 13.3. The summed E-state index contributed by atoms with van der Waals surface area (Å²) in [7, 11) is 0. The van der Waals surface area contributed by atoms with Gasteiger partial charge in [0.1, 0.15) is 17.3 Å². The first kappa shape index (κ1) is 19.5.